The van der Waals surface area contributed by atoms with E-state index in [1.807, 2.05) is 0 Å². The molecule has 0 atom stereocenters. The van der Waals surface area contributed by atoms with Gasteiger partial charge < -0.3 is 14.8 Å². The van der Waals surface area contributed by atoms with Crippen LogP contribution in [0, 0.1) is 0 Å². The molecule has 1 N–H and O–H groups in total. The number of carbonyl (C=O) groups is 3. The number of nitrogens with one attached hydrogen (secondary N) is 1. The van der Waals surface area contributed by atoms with Crippen molar-refractivity contribution in [3.63, 3.8) is 0 Å². The number of ether oxygens (including phenoxy) is 2. The molecule has 1 amide bonds. The second-order valence-electron chi connectivity index (χ2n) is 10.8. The minimum Gasteiger partial charge on any atom is -0.493 e. The van der Waals surface area contributed by atoms with E-state index in [9.17, 15) is 14.4 Å². The van der Waals surface area contributed by atoms with Gasteiger partial charge in [-0.3, -0.25) is 14.4 Å². The lowest BCUT2D eigenvalue weighted by molar-refractivity contribution is -0.117. The van der Waals surface area contributed by atoms with E-state index in [0.717, 1.165) is 18.6 Å². The number of allylic oxidation sites excluding steroid dienone is 1. The molecule has 2 aromatic carbocycles. The Morgan fingerprint density at radius 2 is 1.51 bits per heavy atom. The highest BCUT2D eigenvalue weighted by Gasteiger charge is 2.36. The van der Waals surface area contributed by atoms with Crippen LogP contribution in [0.2, 0.25) is 0 Å². The van der Waals surface area contributed by atoms with Crippen molar-refractivity contribution in [2.24, 2.45) is 0 Å². The normalized spacial score (nSPS) is 13.9. The predicted molar refractivity (Wildman–Crippen MR) is 145 cm³/mol. The fourth-order valence-corrected chi connectivity index (χ4v) is 4.30. The van der Waals surface area contributed by atoms with E-state index in [0.29, 0.717) is 13.0 Å². The summed E-state index contributed by atoms with van der Waals surface area (Å²) in [6.07, 6.45) is 2.55. The lowest BCUT2D eigenvalue weighted by atomic mass is 9.76. The third-order valence-electron chi connectivity index (χ3n) is 7.63. The first kappa shape index (κ1) is 28.2. The topological polar surface area (TPSA) is 81.7 Å². The Morgan fingerprint density at radius 3 is 2.11 bits per heavy atom. The van der Waals surface area contributed by atoms with Gasteiger partial charge in [0, 0.05) is 23.2 Å². The van der Waals surface area contributed by atoms with Crippen LogP contribution < -0.4 is 10.1 Å². The van der Waals surface area contributed by atoms with Crippen molar-refractivity contribution in [2.45, 2.75) is 71.6 Å². The molecule has 37 heavy (non-hydrogen) atoms. The van der Waals surface area contributed by atoms with Crippen molar-refractivity contribution in [3.8, 4) is 5.75 Å². The third-order valence-corrected chi connectivity index (χ3v) is 7.63. The fraction of sp³-hybridized carbons (Fsp3) is 0.452. The molecule has 0 radical (unpaired) electrons. The quantitative estimate of drug-likeness (QED) is 0.303. The summed E-state index contributed by atoms with van der Waals surface area (Å²) in [7, 11) is 1.29. The molecule has 0 saturated carbocycles. The summed E-state index contributed by atoms with van der Waals surface area (Å²) in [6.45, 7) is 14.0. The predicted octanol–water partition coefficient (Wildman–Crippen LogP) is 5.93. The van der Waals surface area contributed by atoms with E-state index in [2.05, 4.69) is 65.1 Å². The number of hydrogen-bond acceptors (Lipinski definition) is 5. The highest BCUT2D eigenvalue weighted by Crippen LogP contribution is 2.38. The first-order valence-electron chi connectivity index (χ1n) is 13.0. The summed E-state index contributed by atoms with van der Waals surface area (Å²) < 4.78 is 11.3. The number of rotatable bonds is 11. The van der Waals surface area contributed by atoms with Crippen LogP contribution in [0.4, 0.5) is 0 Å². The zero-order valence-corrected chi connectivity index (χ0v) is 23.1. The number of hydrogen-bond donors (Lipinski definition) is 1. The van der Waals surface area contributed by atoms with Gasteiger partial charge in [0.05, 0.1) is 13.7 Å². The van der Waals surface area contributed by atoms with Crippen LogP contribution in [0.25, 0.3) is 0 Å². The molecule has 0 heterocycles. The Morgan fingerprint density at radius 1 is 0.892 bits per heavy atom. The smallest absolute Gasteiger partial charge is 0.259 e. The molecule has 0 unspecified atom stereocenters. The maximum Gasteiger partial charge on any atom is 0.259 e. The maximum absolute atomic E-state index is 13.0. The van der Waals surface area contributed by atoms with E-state index in [1.54, 1.807) is 24.3 Å². The van der Waals surface area contributed by atoms with Crippen LogP contribution in [0.15, 0.2) is 53.8 Å². The maximum atomic E-state index is 13.0. The number of benzene rings is 2. The molecule has 0 aliphatic heterocycles. The molecule has 6 nitrogen and oxygen atoms in total. The average Bonchev–Trinajstić information content (AvgIpc) is 2.90. The lowest BCUT2D eigenvalue weighted by Gasteiger charge is -2.30. The van der Waals surface area contributed by atoms with Crippen molar-refractivity contribution >= 4 is 17.5 Å². The minimum absolute atomic E-state index is 0.0451. The van der Waals surface area contributed by atoms with Crippen molar-refractivity contribution in [3.05, 3.63) is 76.1 Å². The molecule has 2 aromatic rings. The zero-order chi connectivity index (χ0) is 27.4. The van der Waals surface area contributed by atoms with Gasteiger partial charge >= 0.3 is 0 Å². The molecular weight excluding hydrogens is 466 g/mol. The molecule has 1 aliphatic rings. The summed E-state index contributed by atoms with van der Waals surface area (Å²) in [5, 5.41) is 2.75. The van der Waals surface area contributed by atoms with Crippen LogP contribution in [0.5, 0.6) is 5.75 Å². The Kier molecular flexibility index (Phi) is 8.62. The molecule has 0 saturated heterocycles. The molecule has 1 aliphatic carbocycles. The lowest BCUT2D eigenvalue weighted by Crippen LogP contribution is -2.35. The summed E-state index contributed by atoms with van der Waals surface area (Å²) >= 11 is 0. The van der Waals surface area contributed by atoms with Crippen LogP contribution in [0.1, 0.15) is 92.6 Å². The van der Waals surface area contributed by atoms with Gasteiger partial charge in [0.25, 0.3) is 5.91 Å². The largest absolute Gasteiger partial charge is 0.493 e. The summed E-state index contributed by atoms with van der Waals surface area (Å²) in [4.78, 5) is 38.6. The first-order chi connectivity index (χ1) is 17.5. The molecule has 0 bridgehead atoms. The summed E-state index contributed by atoms with van der Waals surface area (Å²) in [5.41, 5.74) is 2.70. The van der Waals surface area contributed by atoms with E-state index in [4.69, 9.17) is 9.47 Å². The molecule has 198 valence electrons. The highest BCUT2D eigenvalue weighted by atomic mass is 16.5. The van der Waals surface area contributed by atoms with Crippen molar-refractivity contribution in [2.75, 3.05) is 20.3 Å². The molecule has 6 heteroatoms. The van der Waals surface area contributed by atoms with Gasteiger partial charge in [-0.2, -0.15) is 0 Å². The third kappa shape index (κ3) is 5.79. The van der Waals surface area contributed by atoms with Gasteiger partial charge in [0.1, 0.15) is 11.3 Å². The summed E-state index contributed by atoms with van der Waals surface area (Å²) in [6, 6.07) is 12.9. The Bertz CT molecular complexity index is 1220. The van der Waals surface area contributed by atoms with Crippen molar-refractivity contribution < 1.29 is 23.9 Å². The number of Topliss-reactive ketones (excluding diaryl/α,β-unsaturated/α-hetero) is 2. The Labute approximate surface area is 220 Å². The monoisotopic (exact) mass is 505 g/mol. The second-order valence-corrected chi connectivity index (χ2v) is 10.8. The van der Waals surface area contributed by atoms with Gasteiger partial charge in [0.15, 0.2) is 5.76 Å². The van der Waals surface area contributed by atoms with Gasteiger partial charge in [-0.15, -0.1) is 0 Å². The van der Waals surface area contributed by atoms with E-state index >= 15 is 0 Å². The van der Waals surface area contributed by atoms with Gasteiger partial charge in [0.2, 0.25) is 11.6 Å². The second kappa shape index (κ2) is 11.3. The minimum atomic E-state index is -0.622. The van der Waals surface area contributed by atoms with Crippen LogP contribution in [-0.2, 0) is 20.4 Å². The molecular formula is C31H39NO5. The van der Waals surface area contributed by atoms with Crippen LogP contribution >= 0.6 is 0 Å². The number of fused-ring (bicyclic) bond motifs is 1. The number of ketones is 2. The van der Waals surface area contributed by atoms with Gasteiger partial charge in [-0.1, -0.05) is 77.9 Å². The fourth-order valence-electron chi connectivity index (χ4n) is 4.30. The number of methoxy groups -OCH3 is 1. The van der Waals surface area contributed by atoms with Crippen molar-refractivity contribution in [1.82, 2.24) is 5.32 Å². The molecule has 0 fully saturated rings. The van der Waals surface area contributed by atoms with E-state index < -0.39 is 17.5 Å². The number of amides is 1. The standard InChI is InChI=1S/C31H39NO5/c1-8-30(3,4)20-15-16-24(23(19-20)31(5,6)9-2)37-18-12-17-32-29(35)25-26(33)21-13-10-11-14-22(21)27(34)28(25)36-7/h10-11,13-16,19H,8-9,12,17-18H2,1-7H3,(H,32,35). The average molecular weight is 506 g/mol. The SMILES string of the molecule is CCC(C)(C)c1ccc(OCCCNC(=O)C2=C(OC)C(=O)c3ccccc3C2=O)c(C(C)(C)CC)c1. The Balaban J connectivity index is 1.67. The van der Waals surface area contributed by atoms with E-state index in [1.165, 1.54) is 18.2 Å². The highest BCUT2D eigenvalue weighted by molar-refractivity contribution is 6.35. The van der Waals surface area contributed by atoms with Crippen LogP contribution in [0.3, 0.4) is 0 Å². The number of carbonyl (C=O) groups excluding carboxylic acids is 3. The zero-order valence-electron chi connectivity index (χ0n) is 23.1. The van der Waals surface area contributed by atoms with Crippen molar-refractivity contribution in [1.29, 1.82) is 0 Å². The molecule has 3 rings (SSSR count). The Hall–Kier alpha value is -3.41. The molecule has 0 spiro atoms. The summed E-state index contributed by atoms with van der Waals surface area (Å²) in [5.74, 6) is -0.972. The van der Waals surface area contributed by atoms with Gasteiger partial charge in [-0.05, 0) is 41.7 Å². The van der Waals surface area contributed by atoms with Crippen LogP contribution in [-0.4, -0.2) is 37.7 Å². The first-order valence-corrected chi connectivity index (χ1v) is 13.0. The van der Waals surface area contributed by atoms with E-state index in [-0.39, 0.29) is 39.8 Å². The van der Waals surface area contributed by atoms with Gasteiger partial charge in [-0.25, -0.2) is 0 Å². The molecule has 0 aromatic heterocycles.